The third-order valence-corrected chi connectivity index (χ3v) is 11.3. The Labute approximate surface area is 397 Å². The topological polar surface area (TPSA) is 140 Å². The summed E-state index contributed by atoms with van der Waals surface area (Å²) in [5.41, 5.74) is 14.1. The van der Waals surface area contributed by atoms with Gasteiger partial charge in [-0.3, -0.25) is 9.97 Å². The molecular weight excluding hydrogens is 922 g/mol. The molecule has 0 aliphatic carbocycles. The van der Waals surface area contributed by atoms with E-state index >= 15 is 0 Å². The zero-order valence-electron chi connectivity index (χ0n) is 37.2. The summed E-state index contributed by atoms with van der Waals surface area (Å²) in [6.07, 6.45) is 6.56. The van der Waals surface area contributed by atoms with E-state index in [-0.39, 0.29) is 29.6 Å². The van der Waals surface area contributed by atoms with Crippen LogP contribution in [0.5, 0.6) is 11.5 Å². The van der Waals surface area contributed by atoms with Gasteiger partial charge in [0, 0.05) is 49.3 Å². The van der Waals surface area contributed by atoms with E-state index in [9.17, 15) is 26.3 Å². The van der Waals surface area contributed by atoms with E-state index in [0.717, 1.165) is 58.2 Å². The minimum absolute atomic E-state index is 0.0290. The number of ether oxygens (including phenoxy) is 2. The minimum atomic E-state index is -1.50. The Kier molecular flexibility index (Phi) is 14.1. The highest BCUT2D eigenvalue weighted by molar-refractivity contribution is 6.28. The van der Waals surface area contributed by atoms with Gasteiger partial charge in [-0.15, -0.1) is 0 Å². The lowest BCUT2D eigenvalue weighted by Crippen LogP contribution is -2.34. The van der Waals surface area contributed by atoms with Crippen molar-refractivity contribution < 1.29 is 35.8 Å². The number of aromatic nitrogens is 6. The molecule has 4 aromatic carbocycles. The van der Waals surface area contributed by atoms with Crippen LogP contribution < -0.4 is 30.3 Å². The first-order chi connectivity index (χ1) is 33.1. The zero-order chi connectivity index (χ0) is 48.9. The number of halogens is 7. The number of rotatable bonds is 6. The fourth-order valence-corrected chi connectivity index (χ4v) is 7.63. The normalized spacial score (nSPS) is 14.7. The smallest absolute Gasteiger partial charge is 0.229 e. The van der Waals surface area contributed by atoms with Crippen LogP contribution in [-0.2, 0) is 0 Å². The van der Waals surface area contributed by atoms with E-state index in [2.05, 4.69) is 41.3 Å². The number of hydrogen-bond donors (Lipinski definition) is 2. The molecular formula is C50H41ClF6N10O2. The number of hydrogen-bond acceptors (Lipinski definition) is 12. The Hall–Kier alpha value is -7.99. The van der Waals surface area contributed by atoms with Gasteiger partial charge in [-0.2, -0.15) is 9.97 Å². The molecule has 0 spiro atoms. The summed E-state index contributed by atoms with van der Waals surface area (Å²) in [5.74, 6) is -5.94. The van der Waals surface area contributed by atoms with Crippen LogP contribution in [0.4, 0.5) is 55.3 Å². The van der Waals surface area contributed by atoms with Gasteiger partial charge in [0.05, 0.1) is 24.5 Å². The number of likely N-dealkylation sites (N-methyl/N-ethyl adjacent to an activating group) is 2. The highest BCUT2D eigenvalue weighted by atomic mass is 35.5. The van der Waals surface area contributed by atoms with Gasteiger partial charge in [0.1, 0.15) is 13.2 Å². The third kappa shape index (κ3) is 10.9. The first kappa shape index (κ1) is 47.5. The maximum Gasteiger partial charge on any atom is 0.229 e. The number of nitrogens with zero attached hydrogens (tertiary/aromatic N) is 8. The second-order valence-electron chi connectivity index (χ2n) is 15.9. The van der Waals surface area contributed by atoms with Crippen LogP contribution in [0.3, 0.4) is 0 Å². The summed E-state index contributed by atoms with van der Waals surface area (Å²) >= 11 is 5.73. The van der Waals surface area contributed by atoms with Crippen LogP contribution in [0.2, 0.25) is 5.28 Å². The van der Waals surface area contributed by atoms with Gasteiger partial charge >= 0.3 is 0 Å². The molecule has 0 fully saturated rings. The number of fused-ring (bicyclic) bond motifs is 2. The molecule has 0 amide bonds. The van der Waals surface area contributed by atoms with Gasteiger partial charge in [0.25, 0.3) is 0 Å². The first-order valence-corrected chi connectivity index (χ1v) is 21.5. The molecule has 2 atom stereocenters. The summed E-state index contributed by atoms with van der Waals surface area (Å²) in [6, 6.07) is 26.4. The molecule has 0 saturated heterocycles. The van der Waals surface area contributed by atoms with E-state index in [1.807, 2.05) is 86.8 Å². The van der Waals surface area contributed by atoms with Crippen molar-refractivity contribution in [1.82, 2.24) is 29.9 Å². The van der Waals surface area contributed by atoms with E-state index in [4.69, 9.17) is 26.8 Å². The maximum atomic E-state index is 13.8. The standard InChI is InChI=1S/C25H20F3N5O.C13H9ClF3N3O.C12H12N2/c1-14-9-16(7-8-29-14)15-3-5-18(6-4-15)31-25-30-12-22-24(32-25)33(2)21(13-34-22)17-10-19(26)23(28)20(27)11-17;1-20-9(6-2-7(15)11(17)8(16)3-6)5-21-10-4-18-13(14)19-12(10)20;1-9-8-11(6-7-14-9)10-2-4-12(13)5-3-10/h3-12,21H,13H2,1-2H3,(H,30,31,32);2-4,9H,5H2,1H3;2-8H,13H2,1H3. The molecule has 2 unspecified atom stereocenters. The number of anilines is 5. The van der Waals surface area contributed by atoms with E-state index < -0.39 is 47.0 Å². The summed E-state index contributed by atoms with van der Waals surface area (Å²) in [6.45, 7) is 4.17. The minimum Gasteiger partial charge on any atom is -0.486 e. The zero-order valence-corrected chi connectivity index (χ0v) is 38.0. The Balaban J connectivity index is 0.000000155. The molecule has 352 valence electrons. The van der Waals surface area contributed by atoms with Crippen molar-refractivity contribution >= 4 is 40.6 Å². The highest BCUT2D eigenvalue weighted by Gasteiger charge is 2.31. The molecule has 69 heavy (non-hydrogen) atoms. The molecule has 19 heteroatoms. The van der Waals surface area contributed by atoms with Crippen molar-refractivity contribution in [2.75, 3.05) is 48.2 Å². The molecule has 12 nitrogen and oxygen atoms in total. The predicted octanol–water partition coefficient (Wildman–Crippen LogP) is 11.3. The van der Waals surface area contributed by atoms with Crippen molar-refractivity contribution in [2.24, 2.45) is 0 Å². The third-order valence-electron chi connectivity index (χ3n) is 11.1. The molecule has 8 aromatic rings. The SMILES string of the molecule is CN1c2nc(Cl)ncc2OCC1c1cc(F)c(F)c(F)c1.Cc1cc(-c2ccc(N)cc2)ccn1.Cc1cc(-c2ccc(Nc3ncc4c(n3)N(C)C(c3cc(F)c(F)c(F)c3)CO4)cc2)ccn1. The molecule has 10 rings (SSSR count). The van der Waals surface area contributed by atoms with E-state index in [1.165, 1.54) is 23.5 Å². The molecule has 0 bridgehead atoms. The van der Waals surface area contributed by atoms with Crippen LogP contribution in [-0.4, -0.2) is 57.2 Å². The van der Waals surface area contributed by atoms with Crippen LogP contribution >= 0.6 is 11.6 Å². The average Bonchev–Trinajstić information content (AvgIpc) is 3.34. The van der Waals surface area contributed by atoms with Crippen LogP contribution in [0.25, 0.3) is 22.3 Å². The molecule has 2 aliphatic rings. The lowest BCUT2D eigenvalue weighted by atomic mass is 10.0. The fourth-order valence-electron chi connectivity index (χ4n) is 7.50. The summed E-state index contributed by atoms with van der Waals surface area (Å²) < 4.78 is 91.9. The van der Waals surface area contributed by atoms with Gasteiger partial charge in [0.2, 0.25) is 11.2 Å². The van der Waals surface area contributed by atoms with Gasteiger partial charge in [0.15, 0.2) is 58.0 Å². The Morgan fingerprint density at radius 2 is 1.00 bits per heavy atom. The highest BCUT2D eigenvalue weighted by Crippen LogP contribution is 2.39. The largest absolute Gasteiger partial charge is 0.486 e. The fraction of sp³-hybridized carbons (Fsp3) is 0.160. The van der Waals surface area contributed by atoms with Crippen molar-refractivity contribution in [3.05, 3.63) is 185 Å². The second kappa shape index (κ2) is 20.5. The number of nitrogens with one attached hydrogen (secondary N) is 1. The summed E-state index contributed by atoms with van der Waals surface area (Å²) in [7, 11) is 3.40. The van der Waals surface area contributed by atoms with Crippen molar-refractivity contribution in [3.8, 4) is 33.8 Å². The van der Waals surface area contributed by atoms with Gasteiger partial charge < -0.3 is 30.3 Å². The van der Waals surface area contributed by atoms with Gasteiger partial charge in [-0.05, 0) is 132 Å². The lowest BCUT2D eigenvalue weighted by Gasteiger charge is -2.35. The molecule has 0 radical (unpaired) electrons. The van der Waals surface area contributed by atoms with E-state index in [1.54, 1.807) is 30.1 Å². The van der Waals surface area contributed by atoms with Crippen LogP contribution in [0, 0.1) is 48.8 Å². The van der Waals surface area contributed by atoms with Gasteiger partial charge in [-0.25, -0.2) is 36.3 Å². The number of aryl methyl sites for hydroxylation is 2. The molecule has 2 aliphatic heterocycles. The predicted molar refractivity (Wildman–Crippen MR) is 251 cm³/mol. The monoisotopic (exact) mass is 962 g/mol. The number of pyridine rings is 2. The van der Waals surface area contributed by atoms with Crippen LogP contribution in [0.1, 0.15) is 34.6 Å². The Morgan fingerprint density at radius 1 is 0.565 bits per heavy atom. The first-order valence-electron chi connectivity index (χ1n) is 21.1. The Bertz CT molecular complexity index is 3090. The quantitative estimate of drug-likeness (QED) is 0.0709. The van der Waals surface area contributed by atoms with E-state index in [0.29, 0.717) is 29.1 Å². The summed E-state index contributed by atoms with van der Waals surface area (Å²) in [5, 5.41) is 3.19. The lowest BCUT2D eigenvalue weighted by molar-refractivity contribution is 0.264. The van der Waals surface area contributed by atoms with Crippen LogP contribution in [0.15, 0.2) is 122 Å². The molecule has 6 heterocycles. The van der Waals surface area contributed by atoms with Gasteiger partial charge in [-0.1, -0.05) is 24.3 Å². The van der Waals surface area contributed by atoms with Crippen molar-refractivity contribution in [3.63, 3.8) is 0 Å². The Morgan fingerprint density at radius 3 is 1.46 bits per heavy atom. The molecule has 0 saturated carbocycles. The van der Waals surface area contributed by atoms with Crippen molar-refractivity contribution in [1.29, 1.82) is 0 Å². The molecule has 3 N–H and O–H groups in total. The number of nitrogens with two attached hydrogens (primary N) is 1. The summed E-state index contributed by atoms with van der Waals surface area (Å²) in [4.78, 5) is 28.4. The molecule has 4 aromatic heterocycles. The average molecular weight is 963 g/mol. The number of benzene rings is 4. The second-order valence-corrected chi connectivity index (χ2v) is 16.2. The number of nitrogen functional groups attached to an aromatic ring is 1. The maximum absolute atomic E-state index is 13.8. The van der Waals surface area contributed by atoms with Crippen molar-refractivity contribution in [2.45, 2.75) is 25.9 Å².